The monoisotopic (exact) mass is 468 g/mol. The van der Waals surface area contributed by atoms with Gasteiger partial charge >= 0.3 is 0 Å². The zero-order valence-electron chi connectivity index (χ0n) is 21.9. The molecule has 0 radical (unpaired) electrons. The molecule has 3 aliphatic carbocycles. The van der Waals surface area contributed by atoms with Gasteiger partial charge < -0.3 is 10.1 Å². The Morgan fingerprint density at radius 3 is 2.80 bits per heavy atom. The molecule has 1 saturated heterocycles. The fourth-order valence-corrected chi connectivity index (χ4v) is 9.01. The van der Waals surface area contributed by atoms with E-state index >= 15 is 0 Å². The number of ether oxygens (including phenoxy) is 1. The Morgan fingerprint density at radius 1 is 1.06 bits per heavy atom. The number of fused-ring (bicyclic) bond motifs is 2. The third-order valence-electron chi connectivity index (χ3n) is 10.4. The molecule has 2 aliphatic heterocycles. The number of nitrogens with one attached hydrogen (secondary N) is 1. The summed E-state index contributed by atoms with van der Waals surface area (Å²) in [5, 5.41) is 6.46. The first-order valence-corrected chi connectivity index (χ1v) is 13.9. The maximum Gasteiger partial charge on any atom is 0.0974 e. The summed E-state index contributed by atoms with van der Waals surface area (Å²) in [7, 11) is 0. The molecule has 35 heavy (non-hydrogen) atoms. The van der Waals surface area contributed by atoms with Gasteiger partial charge in [-0.2, -0.15) is 0 Å². The minimum absolute atomic E-state index is 0.0382. The van der Waals surface area contributed by atoms with Crippen LogP contribution in [0.15, 0.2) is 60.0 Å². The van der Waals surface area contributed by atoms with Gasteiger partial charge in [0.15, 0.2) is 0 Å². The predicted molar refractivity (Wildman–Crippen MR) is 142 cm³/mol. The number of aromatic nitrogens is 1. The minimum Gasteiger partial charge on any atom is -0.359 e. The summed E-state index contributed by atoms with van der Waals surface area (Å²) in [5.41, 5.74) is 4.88. The summed E-state index contributed by atoms with van der Waals surface area (Å²) < 4.78 is 7.47. The van der Waals surface area contributed by atoms with Gasteiger partial charge in [-0.05, 0) is 124 Å². The van der Waals surface area contributed by atoms with Gasteiger partial charge in [-0.1, -0.05) is 31.2 Å². The van der Waals surface area contributed by atoms with Crippen LogP contribution in [-0.4, -0.2) is 27.8 Å². The van der Waals surface area contributed by atoms with Gasteiger partial charge in [-0.15, -0.1) is 0 Å². The molecular formula is C32H40N2O. The number of hydrogen-bond donors (Lipinski definition) is 1. The van der Waals surface area contributed by atoms with Crippen LogP contribution in [0.3, 0.4) is 0 Å². The van der Waals surface area contributed by atoms with Crippen LogP contribution in [0, 0.1) is 11.3 Å². The van der Waals surface area contributed by atoms with Crippen LogP contribution < -0.4 is 5.32 Å². The number of hydrogen-bond acceptors (Lipinski definition) is 3. The van der Waals surface area contributed by atoms with Crippen molar-refractivity contribution in [3.8, 4) is 0 Å². The fraction of sp³-hybridized carbons (Fsp3) is 0.594. The molecule has 1 N–H and O–H groups in total. The van der Waals surface area contributed by atoms with Crippen LogP contribution >= 0.6 is 0 Å². The highest BCUT2D eigenvalue weighted by Crippen LogP contribution is 2.69. The Labute approximate surface area is 210 Å². The zero-order chi connectivity index (χ0) is 24.1. The number of allylic oxidation sites excluding steroid dienone is 1. The summed E-state index contributed by atoms with van der Waals surface area (Å²) in [6.45, 7) is 9.46. The normalized spacial score (nSPS) is 40.1. The van der Waals surface area contributed by atoms with Crippen molar-refractivity contribution in [2.75, 3.05) is 0 Å². The van der Waals surface area contributed by atoms with Crippen LogP contribution in [0.5, 0.6) is 0 Å². The quantitative estimate of drug-likeness (QED) is 0.505. The number of rotatable bonds is 2. The van der Waals surface area contributed by atoms with Gasteiger partial charge in [-0.3, -0.25) is 4.98 Å². The smallest absolute Gasteiger partial charge is 0.0974 e. The lowest BCUT2D eigenvalue weighted by Gasteiger charge is -2.54. The third kappa shape index (κ3) is 3.20. The largest absolute Gasteiger partial charge is 0.359 e. The average Bonchev–Trinajstić information content (AvgIpc) is 3.33. The SMILES string of the molecule is CC(C)(C)N[C@@H]1CCC2=CC3=CC[C@]4(C)[C@@H](c5ccc6ccncc6c5)CC[C@H]4[C@@]34CCC2(C1)O4. The molecule has 2 bridgehead atoms. The van der Waals surface area contributed by atoms with Crippen molar-refractivity contribution in [2.45, 2.75) is 108 Å². The van der Waals surface area contributed by atoms with Crippen molar-refractivity contribution in [1.29, 1.82) is 0 Å². The average molecular weight is 469 g/mol. The van der Waals surface area contributed by atoms with Crippen LogP contribution in [0.4, 0.5) is 0 Å². The van der Waals surface area contributed by atoms with Crippen molar-refractivity contribution in [1.82, 2.24) is 10.3 Å². The lowest BCUT2D eigenvalue weighted by Crippen LogP contribution is -2.56. The fourth-order valence-electron chi connectivity index (χ4n) is 9.01. The van der Waals surface area contributed by atoms with Gasteiger partial charge in [0.1, 0.15) is 0 Å². The second-order valence-corrected chi connectivity index (χ2v) is 13.5. The zero-order valence-corrected chi connectivity index (χ0v) is 21.9. The van der Waals surface area contributed by atoms with Gasteiger partial charge in [-0.25, -0.2) is 0 Å². The molecule has 1 unspecified atom stereocenters. The van der Waals surface area contributed by atoms with Crippen molar-refractivity contribution in [3.05, 3.63) is 65.5 Å². The molecule has 184 valence electrons. The number of pyridine rings is 1. The first kappa shape index (κ1) is 22.2. The van der Waals surface area contributed by atoms with Gasteiger partial charge in [0.2, 0.25) is 0 Å². The van der Waals surface area contributed by atoms with E-state index in [2.05, 4.69) is 74.4 Å². The highest BCUT2D eigenvalue weighted by Gasteiger charge is 2.66. The van der Waals surface area contributed by atoms with Crippen molar-refractivity contribution >= 4 is 10.8 Å². The standard InChI is InChI=1S/C32H40N2O/c1-29(2,3)34-26-8-7-24-18-25-11-13-30(4)27(22-6-5-21-12-16-33-20-23(21)17-22)9-10-28(30)32(25)15-14-31(24,19-26)35-32/h5-6,11-12,16-18,20,26-28,34H,7-10,13-15,19H2,1-4H3/t26-,27-,28-,30-,31?,32-/m1/s1. The van der Waals surface area contributed by atoms with E-state index in [9.17, 15) is 0 Å². The lowest BCUT2D eigenvalue weighted by molar-refractivity contribution is -0.136. The Morgan fingerprint density at radius 2 is 1.94 bits per heavy atom. The molecule has 3 nitrogen and oxygen atoms in total. The second kappa shape index (κ2) is 7.29. The Bertz CT molecular complexity index is 1250. The molecule has 6 atom stereocenters. The van der Waals surface area contributed by atoms with E-state index in [1.165, 1.54) is 66.9 Å². The summed E-state index contributed by atoms with van der Waals surface area (Å²) in [4.78, 5) is 4.39. The van der Waals surface area contributed by atoms with Crippen molar-refractivity contribution in [2.24, 2.45) is 11.3 Å². The molecule has 7 rings (SSSR count). The molecule has 3 heteroatoms. The Hall–Kier alpha value is -1.97. The van der Waals surface area contributed by atoms with E-state index in [0.717, 1.165) is 6.42 Å². The molecule has 2 aromatic rings. The molecule has 5 aliphatic rings. The highest BCUT2D eigenvalue weighted by atomic mass is 16.5. The predicted octanol–water partition coefficient (Wildman–Crippen LogP) is 7.23. The van der Waals surface area contributed by atoms with Crippen LogP contribution in [0.25, 0.3) is 10.8 Å². The summed E-state index contributed by atoms with van der Waals surface area (Å²) in [6.07, 6.45) is 18.7. The summed E-state index contributed by atoms with van der Waals surface area (Å²) in [5.74, 6) is 1.18. The molecule has 0 amide bonds. The Balaban J connectivity index is 1.24. The third-order valence-corrected chi connectivity index (χ3v) is 10.4. The molecule has 3 fully saturated rings. The molecule has 3 heterocycles. The Kier molecular flexibility index (Phi) is 4.64. The maximum absolute atomic E-state index is 7.47. The lowest BCUT2D eigenvalue weighted by atomic mass is 9.58. The van der Waals surface area contributed by atoms with E-state index in [4.69, 9.17) is 4.74 Å². The van der Waals surface area contributed by atoms with E-state index in [1.807, 2.05) is 12.4 Å². The van der Waals surface area contributed by atoms with E-state index in [1.54, 1.807) is 5.57 Å². The van der Waals surface area contributed by atoms with Gasteiger partial charge in [0.05, 0.1) is 11.2 Å². The summed E-state index contributed by atoms with van der Waals surface area (Å²) >= 11 is 0. The molecule has 2 spiro atoms. The molecular weight excluding hydrogens is 428 g/mol. The second-order valence-electron chi connectivity index (χ2n) is 13.5. The first-order chi connectivity index (χ1) is 16.7. The van der Waals surface area contributed by atoms with E-state index in [-0.39, 0.29) is 22.2 Å². The van der Waals surface area contributed by atoms with E-state index in [0.29, 0.717) is 17.9 Å². The summed E-state index contributed by atoms with van der Waals surface area (Å²) in [6, 6.07) is 9.77. The van der Waals surface area contributed by atoms with Crippen molar-refractivity contribution < 1.29 is 4.74 Å². The number of nitrogens with zero attached hydrogens (tertiary/aromatic N) is 1. The number of benzene rings is 1. The van der Waals surface area contributed by atoms with E-state index < -0.39 is 0 Å². The molecule has 1 aromatic heterocycles. The highest BCUT2D eigenvalue weighted by molar-refractivity contribution is 5.82. The van der Waals surface area contributed by atoms with Crippen LogP contribution in [0.1, 0.15) is 90.5 Å². The van der Waals surface area contributed by atoms with Crippen LogP contribution in [-0.2, 0) is 4.74 Å². The van der Waals surface area contributed by atoms with Crippen LogP contribution in [0.2, 0.25) is 0 Å². The van der Waals surface area contributed by atoms with Crippen molar-refractivity contribution in [3.63, 3.8) is 0 Å². The molecule has 1 aromatic carbocycles. The topological polar surface area (TPSA) is 34.2 Å². The molecule has 2 saturated carbocycles. The first-order valence-electron chi connectivity index (χ1n) is 13.9. The van der Waals surface area contributed by atoms with Gasteiger partial charge in [0.25, 0.3) is 0 Å². The minimum atomic E-state index is -0.0761. The maximum atomic E-state index is 7.47. The van der Waals surface area contributed by atoms with Gasteiger partial charge in [0, 0.05) is 29.4 Å².